The Hall–Kier alpha value is -1.97. The fourth-order valence-electron chi connectivity index (χ4n) is 2.63. The van der Waals surface area contributed by atoms with E-state index < -0.39 is 5.97 Å². The Morgan fingerprint density at radius 2 is 1.79 bits per heavy atom. The Balaban J connectivity index is 1.64. The molecule has 132 valence electrons. The number of ether oxygens (including phenoxy) is 3. The molecule has 2 saturated heterocycles. The number of aromatic carboxylic acids is 1. The summed E-state index contributed by atoms with van der Waals surface area (Å²) in [7, 11) is 0. The number of aromatic nitrogens is 2. The Morgan fingerprint density at radius 3 is 2.46 bits per heavy atom. The van der Waals surface area contributed by atoms with E-state index in [-0.39, 0.29) is 11.7 Å². The van der Waals surface area contributed by atoms with Crippen molar-refractivity contribution in [3.63, 3.8) is 0 Å². The maximum atomic E-state index is 11.3. The number of hydrogen-bond acceptors (Lipinski definition) is 8. The summed E-state index contributed by atoms with van der Waals surface area (Å²) in [5.41, 5.74) is -0.0622. The van der Waals surface area contributed by atoms with Gasteiger partial charge in [0.05, 0.1) is 26.4 Å². The highest BCUT2D eigenvalue weighted by atomic mass is 16.5. The van der Waals surface area contributed by atoms with E-state index in [1.807, 2.05) is 4.90 Å². The maximum absolute atomic E-state index is 11.3. The number of hydrogen-bond donors (Lipinski definition) is 1. The molecule has 1 aromatic rings. The standard InChI is InChI=1S/C15H22N4O5/c20-14(21)12-11-13(19-4-8-23-9-5-19)17-15(16-12)24-10-3-18-1-6-22-7-2-18/h11H,1-10H2,(H,20,21). The van der Waals surface area contributed by atoms with E-state index in [0.29, 0.717) is 38.7 Å². The van der Waals surface area contributed by atoms with Crippen LogP contribution in [0.1, 0.15) is 10.5 Å². The van der Waals surface area contributed by atoms with Crippen molar-refractivity contribution in [2.45, 2.75) is 0 Å². The van der Waals surface area contributed by atoms with E-state index in [1.54, 1.807) is 0 Å². The summed E-state index contributed by atoms with van der Waals surface area (Å²) in [6.07, 6.45) is 0. The van der Waals surface area contributed by atoms with Gasteiger partial charge in [-0.2, -0.15) is 9.97 Å². The quantitative estimate of drug-likeness (QED) is 0.751. The van der Waals surface area contributed by atoms with Gasteiger partial charge >= 0.3 is 12.0 Å². The molecule has 0 aliphatic carbocycles. The van der Waals surface area contributed by atoms with E-state index >= 15 is 0 Å². The minimum atomic E-state index is -1.09. The zero-order valence-electron chi connectivity index (χ0n) is 13.5. The lowest BCUT2D eigenvalue weighted by atomic mass is 10.3. The maximum Gasteiger partial charge on any atom is 0.354 e. The number of carbonyl (C=O) groups is 1. The Morgan fingerprint density at radius 1 is 1.12 bits per heavy atom. The van der Waals surface area contributed by atoms with Gasteiger partial charge in [0.25, 0.3) is 0 Å². The molecule has 1 aromatic heterocycles. The van der Waals surface area contributed by atoms with Crippen LogP contribution in [0.4, 0.5) is 5.82 Å². The first-order chi connectivity index (χ1) is 11.7. The van der Waals surface area contributed by atoms with Gasteiger partial charge in [-0.3, -0.25) is 4.90 Å². The largest absolute Gasteiger partial charge is 0.477 e. The first-order valence-electron chi connectivity index (χ1n) is 8.10. The second kappa shape index (κ2) is 8.22. The van der Waals surface area contributed by atoms with Crippen LogP contribution in [0, 0.1) is 0 Å². The van der Waals surface area contributed by atoms with E-state index in [1.165, 1.54) is 6.07 Å². The van der Waals surface area contributed by atoms with Crippen LogP contribution in [-0.2, 0) is 9.47 Å². The zero-order chi connectivity index (χ0) is 16.8. The van der Waals surface area contributed by atoms with Gasteiger partial charge in [0.15, 0.2) is 5.69 Å². The van der Waals surface area contributed by atoms with Gasteiger partial charge in [-0.25, -0.2) is 4.79 Å². The number of carboxylic acids is 1. The molecule has 0 amide bonds. The summed E-state index contributed by atoms with van der Waals surface area (Å²) >= 11 is 0. The minimum Gasteiger partial charge on any atom is -0.477 e. The molecule has 0 saturated carbocycles. The highest BCUT2D eigenvalue weighted by molar-refractivity contribution is 5.86. The Bertz CT molecular complexity index is 559. The monoisotopic (exact) mass is 338 g/mol. The molecule has 0 bridgehead atoms. The van der Waals surface area contributed by atoms with E-state index in [4.69, 9.17) is 14.2 Å². The van der Waals surface area contributed by atoms with E-state index in [2.05, 4.69) is 14.9 Å². The Labute approximate surface area is 140 Å². The highest BCUT2D eigenvalue weighted by Gasteiger charge is 2.18. The third kappa shape index (κ3) is 4.53. The van der Waals surface area contributed by atoms with Crippen LogP contribution in [0.15, 0.2) is 6.07 Å². The Kier molecular flexibility index (Phi) is 5.78. The molecule has 2 aliphatic heterocycles. The van der Waals surface area contributed by atoms with Crippen molar-refractivity contribution in [1.82, 2.24) is 14.9 Å². The van der Waals surface area contributed by atoms with Gasteiger partial charge in [0, 0.05) is 38.8 Å². The van der Waals surface area contributed by atoms with Gasteiger partial charge in [0.1, 0.15) is 12.4 Å². The van der Waals surface area contributed by atoms with Crippen molar-refractivity contribution < 1.29 is 24.1 Å². The van der Waals surface area contributed by atoms with Crippen molar-refractivity contribution in [2.75, 3.05) is 70.7 Å². The molecular formula is C15H22N4O5. The SMILES string of the molecule is O=C(O)c1cc(N2CCOCC2)nc(OCCN2CCOCC2)n1. The molecule has 0 aromatic carbocycles. The van der Waals surface area contributed by atoms with Crippen molar-refractivity contribution in [3.05, 3.63) is 11.8 Å². The zero-order valence-corrected chi connectivity index (χ0v) is 13.5. The predicted octanol–water partition coefficient (Wildman–Crippen LogP) is -0.278. The van der Waals surface area contributed by atoms with Crippen LogP contribution < -0.4 is 9.64 Å². The topological polar surface area (TPSA) is 97.2 Å². The first kappa shape index (κ1) is 16.9. The number of anilines is 1. The van der Waals surface area contributed by atoms with Crippen molar-refractivity contribution in [1.29, 1.82) is 0 Å². The van der Waals surface area contributed by atoms with Crippen molar-refractivity contribution >= 4 is 11.8 Å². The van der Waals surface area contributed by atoms with Crippen molar-refractivity contribution in [2.24, 2.45) is 0 Å². The summed E-state index contributed by atoms with van der Waals surface area (Å²) in [6, 6.07) is 1.58. The van der Waals surface area contributed by atoms with Crippen LogP contribution in [0.5, 0.6) is 6.01 Å². The smallest absolute Gasteiger partial charge is 0.354 e. The average molecular weight is 338 g/mol. The lowest BCUT2D eigenvalue weighted by Gasteiger charge is -2.28. The molecule has 2 aliphatic rings. The van der Waals surface area contributed by atoms with Gasteiger partial charge < -0.3 is 24.2 Å². The van der Waals surface area contributed by atoms with Gasteiger partial charge in [-0.05, 0) is 0 Å². The summed E-state index contributed by atoms with van der Waals surface area (Å²) in [6.45, 7) is 6.88. The molecule has 0 spiro atoms. The summed E-state index contributed by atoms with van der Waals surface area (Å²) < 4.78 is 16.2. The second-order valence-corrected chi connectivity index (χ2v) is 5.60. The minimum absolute atomic E-state index is 0.0622. The van der Waals surface area contributed by atoms with E-state index in [9.17, 15) is 9.90 Å². The fraction of sp³-hybridized carbons (Fsp3) is 0.667. The predicted molar refractivity (Wildman–Crippen MR) is 84.8 cm³/mol. The van der Waals surface area contributed by atoms with Gasteiger partial charge in [-0.15, -0.1) is 0 Å². The molecule has 9 heteroatoms. The molecule has 0 atom stereocenters. The van der Waals surface area contributed by atoms with Crippen LogP contribution >= 0.6 is 0 Å². The van der Waals surface area contributed by atoms with E-state index in [0.717, 1.165) is 32.8 Å². The lowest BCUT2D eigenvalue weighted by Crippen LogP contribution is -2.39. The molecule has 3 heterocycles. The number of carboxylic acid groups (broad SMARTS) is 1. The molecule has 1 N–H and O–H groups in total. The molecule has 3 rings (SSSR count). The number of rotatable bonds is 6. The summed E-state index contributed by atoms with van der Waals surface area (Å²) in [5.74, 6) is -0.531. The molecule has 2 fully saturated rings. The normalized spacial score (nSPS) is 19.2. The molecule has 24 heavy (non-hydrogen) atoms. The first-order valence-corrected chi connectivity index (χ1v) is 8.10. The van der Waals surface area contributed by atoms with Crippen LogP contribution in [-0.4, -0.2) is 91.7 Å². The third-order valence-electron chi connectivity index (χ3n) is 3.99. The summed E-state index contributed by atoms with van der Waals surface area (Å²) in [5, 5.41) is 9.25. The molecular weight excluding hydrogens is 316 g/mol. The number of morpholine rings is 2. The summed E-state index contributed by atoms with van der Waals surface area (Å²) in [4.78, 5) is 23.8. The highest BCUT2D eigenvalue weighted by Crippen LogP contribution is 2.18. The van der Waals surface area contributed by atoms with Crippen LogP contribution in [0.3, 0.4) is 0 Å². The van der Waals surface area contributed by atoms with Gasteiger partial charge in [0.2, 0.25) is 0 Å². The lowest BCUT2D eigenvalue weighted by molar-refractivity contribution is 0.0316. The second-order valence-electron chi connectivity index (χ2n) is 5.60. The third-order valence-corrected chi connectivity index (χ3v) is 3.99. The fourth-order valence-corrected chi connectivity index (χ4v) is 2.63. The number of nitrogens with zero attached hydrogens (tertiary/aromatic N) is 4. The molecule has 0 radical (unpaired) electrons. The van der Waals surface area contributed by atoms with Crippen LogP contribution in [0.25, 0.3) is 0 Å². The molecule has 0 unspecified atom stereocenters. The average Bonchev–Trinajstić information content (AvgIpc) is 2.63. The molecule has 9 nitrogen and oxygen atoms in total. The van der Waals surface area contributed by atoms with Gasteiger partial charge in [-0.1, -0.05) is 0 Å². The van der Waals surface area contributed by atoms with Crippen LogP contribution in [0.2, 0.25) is 0 Å². The van der Waals surface area contributed by atoms with Crippen molar-refractivity contribution in [3.8, 4) is 6.01 Å².